The van der Waals surface area contributed by atoms with Crippen molar-refractivity contribution in [2.75, 3.05) is 10.6 Å². The Morgan fingerprint density at radius 3 is 1.80 bits per heavy atom. The molecule has 2 aliphatic carbocycles. The molecule has 0 bridgehead atoms. The van der Waals surface area contributed by atoms with Crippen LogP contribution in [0.15, 0.2) is 150 Å². The molecule has 0 spiro atoms. The molecule has 10 aromatic rings. The third-order valence-electron chi connectivity index (χ3n) is 12.2. The fourth-order valence-corrected chi connectivity index (χ4v) is 9.49. The minimum atomic E-state index is -0.393. The van der Waals surface area contributed by atoms with Gasteiger partial charge in [-0.05, 0) is 70.8 Å². The summed E-state index contributed by atoms with van der Waals surface area (Å²) in [5, 5.41) is 11.9. The molecule has 1 aromatic heterocycles. The Balaban J connectivity index is 0.966. The number of carbonyl (C=O) groups is 5. The number of benzene rings is 9. The summed E-state index contributed by atoms with van der Waals surface area (Å²) in [6.45, 7) is 0. The Hall–Kier alpha value is -8.56. The van der Waals surface area contributed by atoms with Gasteiger partial charge in [-0.25, -0.2) is 0 Å². The lowest BCUT2D eigenvalue weighted by atomic mass is 9.81. The number of H-pyrrole nitrogens is 1. The van der Waals surface area contributed by atoms with Crippen molar-refractivity contribution < 1.29 is 24.0 Å². The van der Waals surface area contributed by atoms with Crippen molar-refractivity contribution >= 4 is 100 Å². The fraction of sp³-hybridized carbons (Fsp3) is 0. The normalized spacial score (nSPS) is 13.2. The lowest BCUT2D eigenvalue weighted by Gasteiger charge is -2.23. The van der Waals surface area contributed by atoms with Crippen LogP contribution in [0.25, 0.3) is 54.1 Å². The molecule has 3 N–H and O–H groups in total. The van der Waals surface area contributed by atoms with Crippen molar-refractivity contribution in [1.82, 2.24) is 4.98 Å². The molecule has 286 valence electrons. The molecule has 1 amide bonds. The fourth-order valence-electron chi connectivity index (χ4n) is 9.49. The number of rotatable bonds is 4. The molecule has 0 atom stereocenters. The van der Waals surface area contributed by atoms with E-state index in [-0.39, 0.29) is 56.5 Å². The number of fused-ring (bicyclic) bond motifs is 9. The molecule has 0 saturated heterocycles. The van der Waals surface area contributed by atoms with Gasteiger partial charge in [-0.2, -0.15) is 0 Å². The summed E-state index contributed by atoms with van der Waals surface area (Å²) >= 11 is 0. The van der Waals surface area contributed by atoms with Crippen LogP contribution in [0.3, 0.4) is 0 Å². The molecule has 0 unspecified atom stereocenters. The van der Waals surface area contributed by atoms with Crippen LogP contribution in [0.5, 0.6) is 0 Å². The van der Waals surface area contributed by atoms with E-state index in [1.54, 1.807) is 97.1 Å². The van der Waals surface area contributed by atoms with E-state index in [2.05, 4.69) is 15.6 Å². The third kappa shape index (κ3) is 4.77. The molecule has 1 heterocycles. The summed E-state index contributed by atoms with van der Waals surface area (Å²) in [4.78, 5) is 86.8. The second kappa shape index (κ2) is 12.5. The Morgan fingerprint density at radius 1 is 0.426 bits per heavy atom. The maximum absolute atomic E-state index is 14.4. The zero-order valence-electron chi connectivity index (χ0n) is 31.8. The molecule has 0 fully saturated rings. The second-order valence-corrected chi connectivity index (χ2v) is 15.5. The molecule has 0 saturated carbocycles. The quantitative estimate of drug-likeness (QED) is 0.119. The summed E-state index contributed by atoms with van der Waals surface area (Å²) in [5.41, 5.74) is 4.92. The zero-order valence-corrected chi connectivity index (χ0v) is 31.8. The van der Waals surface area contributed by atoms with E-state index in [1.165, 1.54) is 0 Å². The summed E-state index contributed by atoms with van der Waals surface area (Å²) in [7, 11) is 0. The van der Waals surface area contributed by atoms with Gasteiger partial charge in [0.25, 0.3) is 5.91 Å². The van der Waals surface area contributed by atoms with Gasteiger partial charge in [0.05, 0.1) is 33.6 Å². The molecule has 2 aliphatic rings. The van der Waals surface area contributed by atoms with Gasteiger partial charge in [0.1, 0.15) is 0 Å². The van der Waals surface area contributed by atoms with Gasteiger partial charge in [0.2, 0.25) is 0 Å². The van der Waals surface area contributed by atoms with Crippen LogP contribution in [-0.4, -0.2) is 34.0 Å². The molecular formula is C52H27N3O6. The van der Waals surface area contributed by atoms with Gasteiger partial charge >= 0.3 is 0 Å². The molecule has 9 nitrogen and oxygen atoms in total. The summed E-state index contributed by atoms with van der Waals surface area (Å²) < 4.78 is 0. The summed E-state index contributed by atoms with van der Waals surface area (Å²) in [5.74, 6) is -1.57. The first-order valence-electron chi connectivity index (χ1n) is 19.7. The lowest BCUT2D eigenvalue weighted by Crippen LogP contribution is -2.24. The Labute approximate surface area is 344 Å². The van der Waals surface area contributed by atoms with Crippen molar-refractivity contribution in [3.05, 3.63) is 206 Å². The number of nitrogens with one attached hydrogen (secondary N) is 3. The van der Waals surface area contributed by atoms with E-state index >= 15 is 0 Å². The molecule has 0 radical (unpaired) electrons. The number of hydrogen-bond acceptors (Lipinski definition) is 7. The number of carbonyl (C=O) groups excluding carboxylic acids is 5. The SMILES string of the molecule is O=C(Nc1cccc2c1C(=O)c1ccc3c([nH]c4ccc5c6ccc(Nc7cccc8c7C(=O)c7ccccc7C8=O)cc6c(=O)c6ccc3c4c65)c1C2=O)c1ccccc1. The number of pyridine rings is 1. The monoisotopic (exact) mass is 789 g/mol. The number of amides is 1. The maximum atomic E-state index is 14.4. The zero-order chi connectivity index (χ0) is 41.3. The van der Waals surface area contributed by atoms with Gasteiger partial charge in [0.15, 0.2) is 28.6 Å². The van der Waals surface area contributed by atoms with Gasteiger partial charge < -0.3 is 15.6 Å². The number of aromatic nitrogens is 1. The predicted molar refractivity (Wildman–Crippen MR) is 237 cm³/mol. The van der Waals surface area contributed by atoms with Crippen molar-refractivity contribution in [1.29, 1.82) is 0 Å². The van der Waals surface area contributed by atoms with Crippen LogP contribution in [0, 0.1) is 0 Å². The van der Waals surface area contributed by atoms with E-state index in [9.17, 15) is 28.8 Å². The minimum Gasteiger partial charge on any atom is -0.355 e. The molecule has 9 aromatic carbocycles. The van der Waals surface area contributed by atoms with Crippen molar-refractivity contribution in [3.8, 4) is 0 Å². The van der Waals surface area contributed by atoms with Crippen molar-refractivity contribution in [2.45, 2.75) is 0 Å². The first-order chi connectivity index (χ1) is 29.8. The largest absolute Gasteiger partial charge is 0.355 e. The number of hydrogen-bond donors (Lipinski definition) is 3. The number of ketones is 4. The highest BCUT2D eigenvalue weighted by atomic mass is 16.2. The Bertz CT molecular complexity index is 3770. The minimum absolute atomic E-state index is 0.145. The lowest BCUT2D eigenvalue weighted by molar-refractivity contribution is 0.0979. The highest BCUT2D eigenvalue weighted by molar-refractivity contribution is 6.37. The van der Waals surface area contributed by atoms with Crippen LogP contribution in [-0.2, 0) is 0 Å². The first kappa shape index (κ1) is 34.5. The summed E-state index contributed by atoms with van der Waals surface area (Å²) in [6.07, 6.45) is 0. The van der Waals surface area contributed by atoms with Crippen LogP contribution >= 0.6 is 0 Å². The standard InChI is InChI=1S/C52H27N3O6/c56-47-31-10-4-5-11-32(31)49(58)43-33(47)12-6-14-38(43)53-26-16-17-27-28-22-23-40-42-29(18-20-35(41(28)42)48(57)37(27)24-26)30-19-21-36-45(46(30)54-40)51(60)34-13-7-15-39(44(34)50(36)59)55-52(61)25-8-2-1-3-9-25/h1-24,53-54H,(H,55,61). The van der Waals surface area contributed by atoms with Gasteiger partial charge in [-0.15, -0.1) is 0 Å². The van der Waals surface area contributed by atoms with Crippen LogP contribution in [0.4, 0.5) is 17.1 Å². The Kier molecular flexibility index (Phi) is 7.05. The maximum Gasteiger partial charge on any atom is 0.255 e. The van der Waals surface area contributed by atoms with Crippen LogP contribution < -0.4 is 16.1 Å². The van der Waals surface area contributed by atoms with E-state index < -0.39 is 5.91 Å². The molecule has 12 rings (SSSR count). The molecule has 61 heavy (non-hydrogen) atoms. The van der Waals surface area contributed by atoms with Crippen LogP contribution in [0.2, 0.25) is 0 Å². The van der Waals surface area contributed by atoms with Gasteiger partial charge in [-0.3, -0.25) is 28.8 Å². The van der Waals surface area contributed by atoms with E-state index in [0.29, 0.717) is 66.4 Å². The highest BCUT2D eigenvalue weighted by Crippen LogP contribution is 2.43. The van der Waals surface area contributed by atoms with E-state index in [1.807, 2.05) is 48.5 Å². The Morgan fingerprint density at radius 2 is 1.00 bits per heavy atom. The van der Waals surface area contributed by atoms with Gasteiger partial charge in [0, 0.05) is 71.5 Å². The van der Waals surface area contributed by atoms with E-state index in [4.69, 9.17) is 0 Å². The number of aromatic amines is 1. The van der Waals surface area contributed by atoms with Crippen LogP contribution in [0.1, 0.15) is 74.0 Å². The van der Waals surface area contributed by atoms with E-state index in [0.717, 1.165) is 26.9 Å². The molecular weight excluding hydrogens is 763 g/mol. The summed E-state index contributed by atoms with van der Waals surface area (Å²) in [6, 6.07) is 42.1. The smallest absolute Gasteiger partial charge is 0.255 e. The van der Waals surface area contributed by atoms with Gasteiger partial charge in [-0.1, -0.05) is 91.0 Å². The second-order valence-electron chi connectivity index (χ2n) is 15.5. The average Bonchev–Trinajstić information content (AvgIpc) is 3.29. The average molecular weight is 790 g/mol. The number of anilines is 3. The topological polar surface area (TPSA) is 142 Å². The molecule has 9 heteroatoms. The van der Waals surface area contributed by atoms with Crippen molar-refractivity contribution in [3.63, 3.8) is 0 Å². The highest BCUT2D eigenvalue weighted by Gasteiger charge is 2.35. The van der Waals surface area contributed by atoms with Crippen molar-refractivity contribution in [2.24, 2.45) is 0 Å². The first-order valence-corrected chi connectivity index (χ1v) is 19.7. The molecule has 0 aliphatic heterocycles. The third-order valence-corrected chi connectivity index (χ3v) is 12.2. The predicted octanol–water partition coefficient (Wildman–Crippen LogP) is 10.1.